The molecule has 0 heterocycles. The molecule has 0 aliphatic rings. The molecule has 0 amide bonds. The quantitative estimate of drug-likeness (QED) is 0.594. The minimum Gasteiger partial charge on any atom is -0.465 e. The molecular weight excluding hydrogens is 382 g/mol. The highest BCUT2D eigenvalue weighted by atomic mass is 35.5. The van der Waals surface area contributed by atoms with E-state index >= 15 is 0 Å². The van der Waals surface area contributed by atoms with Crippen LogP contribution in [0.4, 0.5) is 0 Å². The van der Waals surface area contributed by atoms with Crippen LogP contribution in [0.25, 0.3) is 0 Å². The number of halogens is 1. The summed E-state index contributed by atoms with van der Waals surface area (Å²) in [6, 6.07) is 10.2. The second-order valence-corrected chi connectivity index (χ2v) is 7.37. The fraction of sp³-hybridized carbons (Fsp3) is 0.176. The molecule has 0 spiro atoms. The van der Waals surface area contributed by atoms with E-state index in [1.807, 2.05) is 0 Å². The van der Waals surface area contributed by atoms with E-state index in [1.165, 1.54) is 32.2 Å². The third kappa shape index (κ3) is 5.04. The van der Waals surface area contributed by atoms with Gasteiger partial charge < -0.3 is 9.47 Å². The maximum Gasteiger partial charge on any atom is 0.339 e. The fourth-order valence-electron chi connectivity index (χ4n) is 2.09. The van der Waals surface area contributed by atoms with Crippen LogP contribution in [0.3, 0.4) is 0 Å². The van der Waals surface area contributed by atoms with Crippen LogP contribution in [0.5, 0.6) is 5.75 Å². The molecule has 0 aliphatic carbocycles. The Morgan fingerprint density at radius 1 is 1.15 bits per heavy atom. The summed E-state index contributed by atoms with van der Waals surface area (Å²) >= 11 is 5.95. The molecule has 0 atom stereocenters. The van der Waals surface area contributed by atoms with Crippen LogP contribution in [0.15, 0.2) is 47.4 Å². The lowest BCUT2D eigenvalue weighted by atomic mass is 10.2. The second kappa shape index (κ2) is 8.31. The molecule has 1 N–H and O–H groups in total. The summed E-state index contributed by atoms with van der Waals surface area (Å²) in [5.41, 5.74) is 0.673. The number of methoxy groups -OCH3 is 1. The van der Waals surface area contributed by atoms with Gasteiger partial charge >= 0.3 is 11.9 Å². The first kappa shape index (κ1) is 19.9. The van der Waals surface area contributed by atoms with Crippen molar-refractivity contribution in [1.82, 2.24) is 4.72 Å². The van der Waals surface area contributed by atoms with Crippen molar-refractivity contribution in [2.45, 2.75) is 18.4 Å². The van der Waals surface area contributed by atoms with Crippen molar-refractivity contribution in [3.63, 3.8) is 0 Å². The van der Waals surface area contributed by atoms with E-state index in [4.69, 9.17) is 16.3 Å². The minimum absolute atomic E-state index is 0.0200. The van der Waals surface area contributed by atoms with E-state index in [9.17, 15) is 18.0 Å². The van der Waals surface area contributed by atoms with E-state index in [0.717, 1.165) is 0 Å². The highest BCUT2D eigenvalue weighted by Gasteiger charge is 2.18. The van der Waals surface area contributed by atoms with Gasteiger partial charge in [0.25, 0.3) is 0 Å². The van der Waals surface area contributed by atoms with Gasteiger partial charge in [0, 0.05) is 13.5 Å². The number of benzene rings is 2. The first-order valence-electron chi connectivity index (χ1n) is 7.38. The normalized spacial score (nSPS) is 11.0. The molecule has 2 rings (SSSR count). The zero-order valence-electron chi connectivity index (χ0n) is 14.0. The van der Waals surface area contributed by atoms with Gasteiger partial charge in [-0.05, 0) is 35.9 Å². The van der Waals surface area contributed by atoms with E-state index in [1.54, 1.807) is 24.3 Å². The maximum atomic E-state index is 12.4. The van der Waals surface area contributed by atoms with Crippen LogP contribution in [0, 0.1) is 0 Å². The van der Waals surface area contributed by atoms with Crippen molar-refractivity contribution in [3.05, 3.63) is 58.6 Å². The minimum atomic E-state index is -3.86. The Morgan fingerprint density at radius 3 is 2.50 bits per heavy atom. The zero-order valence-corrected chi connectivity index (χ0v) is 15.6. The zero-order chi connectivity index (χ0) is 19.3. The Kier molecular flexibility index (Phi) is 6.36. The second-order valence-electron chi connectivity index (χ2n) is 5.20. The lowest BCUT2D eigenvalue weighted by Crippen LogP contribution is -2.23. The van der Waals surface area contributed by atoms with Gasteiger partial charge in [-0.25, -0.2) is 17.9 Å². The van der Waals surface area contributed by atoms with Gasteiger partial charge in [-0.2, -0.15) is 0 Å². The summed E-state index contributed by atoms with van der Waals surface area (Å²) < 4.78 is 36.7. The van der Waals surface area contributed by atoms with Gasteiger partial charge in [-0.15, -0.1) is 0 Å². The van der Waals surface area contributed by atoms with E-state index < -0.39 is 22.0 Å². The predicted molar refractivity (Wildman–Crippen MR) is 94.6 cm³/mol. The Labute approximate surface area is 155 Å². The summed E-state index contributed by atoms with van der Waals surface area (Å²) in [5, 5.41) is -0.0309. The number of nitrogens with one attached hydrogen (secondary N) is 1. The van der Waals surface area contributed by atoms with Crippen molar-refractivity contribution in [1.29, 1.82) is 0 Å². The highest BCUT2D eigenvalue weighted by molar-refractivity contribution is 7.89. The molecule has 0 bridgehead atoms. The lowest BCUT2D eigenvalue weighted by molar-refractivity contribution is -0.131. The monoisotopic (exact) mass is 397 g/mol. The average Bonchev–Trinajstić information content (AvgIpc) is 2.59. The Balaban J connectivity index is 2.15. The van der Waals surface area contributed by atoms with Gasteiger partial charge in [-0.3, -0.25) is 4.79 Å². The number of esters is 2. The van der Waals surface area contributed by atoms with Gasteiger partial charge in [0.1, 0.15) is 5.75 Å². The number of carbonyl (C=O) groups is 2. The largest absolute Gasteiger partial charge is 0.465 e. The van der Waals surface area contributed by atoms with E-state index in [0.29, 0.717) is 11.3 Å². The van der Waals surface area contributed by atoms with Crippen molar-refractivity contribution in [2.24, 2.45) is 0 Å². The number of hydrogen-bond donors (Lipinski definition) is 1. The first-order chi connectivity index (χ1) is 12.2. The van der Waals surface area contributed by atoms with Crippen molar-refractivity contribution >= 4 is 33.6 Å². The van der Waals surface area contributed by atoms with Crippen molar-refractivity contribution in [3.8, 4) is 5.75 Å². The van der Waals surface area contributed by atoms with Gasteiger partial charge in [0.05, 0.1) is 22.6 Å². The molecular formula is C17H16ClNO6S. The lowest BCUT2D eigenvalue weighted by Gasteiger charge is -2.10. The average molecular weight is 398 g/mol. The predicted octanol–water partition coefficient (Wildman–Crippen LogP) is 2.53. The van der Waals surface area contributed by atoms with Crippen molar-refractivity contribution < 1.29 is 27.5 Å². The highest BCUT2D eigenvalue weighted by Crippen LogP contribution is 2.22. The Hall–Kier alpha value is -2.42. The smallest absolute Gasteiger partial charge is 0.339 e. The van der Waals surface area contributed by atoms with E-state index in [2.05, 4.69) is 9.46 Å². The summed E-state index contributed by atoms with van der Waals surface area (Å²) in [6.07, 6.45) is 0. The molecule has 7 nitrogen and oxygen atoms in total. The van der Waals surface area contributed by atoms with Crippen molar-refractivity contribution in [2.75, 3.05) is 7.11 Å². The standard InChI is InChI=1S/C17H16ClNO6S/c1-11(20)25-13-5-3-4-12(8-13)10-19-26(22,23)14-6-7-15(16(18)9-14)17(21)24-2/h3-9,19H,10H2,1-2H3. The summed E-state index contributed by atoms with van der Waals surface area (Å²) in [7, 11) is -2.66. The number of ether oxygens (including phenoxy) is 2. The number of rotatable bonds is 6. The molecule has 26 heavy (non-hydrogen) atoms. The van der Waals surface area contributed by atoms with Crippen LogP contribution in [-0.4, -0.2) is 27.5 Å². The van der Waals surface area contributed by atoms with Gasteiger partial charge in [0.15, 0.2) is 0 Å². The number of hydrogen-bond acceptors (Lipinski definition) is 6. The van der Waals surface area contributed by atoms with Crippen LogP contribution >= 0.6 is 11.6 Å². The van der Waals surface area contributed by atoms with Crippen LogP contribution < -0.4 is 9.46 Å². The number of carbonyl (C=O) groups excluding carboxylic acids is 2. The maximum absolute atomic E-state index is 12.4. The fourth-order valence-corrected chi connectivity index (χ4v) is 3.45. The topological polar surface area (TPSA) is 98.8 Å². The molecule has 0 saturated carbocycles. The molecule has 0 aliphatic heterocycles. The van der Waals surface area contributed by atoms with E-state index in [-0.39, 0.29) is 22.0 Å². The molecule has 2 aromatic rings. The molecule has 0 saturated heterocycles. The van der Waals surface area contributed by atoms with Crippen LogP contribution in [0.1, 0.15) is 22.8 Å². The Bertz CT molecular complexity index is 942. The molecule has 0 unspecified atom stereocenters. The molecule has 0 fully saturated rings. The van der Waals surface area contributed by atoms with Gasteiger partial charge in [-0.1, -0.05) is 23.7 Å². The van der Waals surface area contributed by atoms with Crippen LogP contribution in [0.2, 0.25) is 5.02 Å². The SMILES string of the molecule is COC(=O)c1ccc(S(=O)(=O)NCc2cccc(OC(C)=O)c2)cc1Cl. The Morgan fingerprint density at radius 2 is 1.88 bits per heavy atom. The molecule has 2 aromatic carbocycles. The molecule has 0 aromatic heterocycles. The molecule has 138 valence electrons. The van der Waals surface area contributed by atoms with Gasteiger partial charge in [0.2, 0.25) is 10.0 Å². The summed E-state index contributed by atoms with van der Waals surface area (Å²) in [6.45, 7) is 1.25. The first-order valence-corrected chi connectivity index (χ1v) is 9.24. The third-order valence-corrected chi connectivity index (χ3v) is 4.99. The third-order valence-electron chi connectivity index (χ3n) is 3.28. The summed E-state index contributed by atoms with van der Waals surface area (Å²) in [4.78, 5) is 22.4. The number of sulfonamides is 1. The molecule has 0 radical (unpaired) electrons. The summed E-state index contributed by atoms with van der Waals surface area (Å²) in [5.74, 6) is -0.808. The van der Waals surface area contributed by atoms with Crippen LogP contribution in [-0.2, 0) is 26.1 Å². The molecule has 9 heteroatoms.